The maximum Gasteiger partial charge on any atom is -0.0169 e. The van der Waals surface area contributed by atoms with E-state index < -0.39 is 0 Å². The molecule has 238 valence electrons. The zero-order valence-electron chi connectivity index (χ0n) is 28.5. The Kier molecular flexibility index (Phi) is 26.9. The minimum absolute atomic E-state index is 0.740. The third-order valence-electron chi connectivity index (χ3n) is 9.38. The van der Waals surface area contributed by atoms with E-state index in [1.807, 2.05) is 0 Å². The molecule has 0 amide bonds. The fourth-order valence-corrected chi connectivity index (χ4v) is 6.93. The van der Waals surface area contributed by atoms with Gasteiger partial charge in [0.25, 0.3) is 0 Å². The van der Waals surface area contributed by atoms with E-state index in [1.54, 1.807) is 0 Å². The summed E-state index contributed by atoms with van der Waals surface area (Å²) in [5.74, 6) is 0.990. The van der Waals surface area contributed by atoms with Crippen molar-refractivity contribution in [2.45, 2.75) is 201 Å². The highest BCUT2D eigenvalue weighted by atomic mass is 14.5. The van der Waals surface area contributed by atoms with Crippen molar-refractivity contribution in [3.63, 3.8) is 0 Å². The van der Waals surface area contributed by atoms with E-state index in [9.17, 15) is 0 Å². The molecular formula is C41H74. The summed E-state index contributed by atoms with van der Waals surface area (Å²) in [5, 5.41) is 0. The van der Waals surface area contributed by atoms with Gasteiger partial charge in [-0.15, -0.1) is 0 Å². The molecule has 0 N–H and O–H groups in total. The summed E-state index contributed by atoms with van der Waals surface area (Å²) in [6, 6.07) is 0. The Morgan fingerprint density at radius 1 is 0.415 bits per heavy atom. The normalized spacial score (nSPS) is 15.8. The molecule has 0 aromatic rings. The zero-order valence-corrected chi connectivity index (χ0v) is 28.5. The van der Waals surface area contributed by atoms with E-state index in [1.165, 1.54) is 167 Å². The van der Waals surface area contributed by atoms with E-state index >= 15 is 0 Å². The highest BCUT2D eigenvalue weighted by Crippen LogP contribution is 2.52. The first kappa shape index (κ1) is 38.0. The summed E-state index contributed by atoms with van der Waals surface area (Å²) >= 11 is 0. The molecule has 0 unspecified atom stereocenters. The minimum Gasteiger partial charge on any atom is -0.0882 e. The van der Waals surface area contributed by atoms with Gasteiger partial charge in [-0.3, -0.25) is 0 Å². The van der Waals surface area contributed by atoms with Gasteiger partial charge in [0, 0.05) is 0 Å². The Bertz CT molecular complexity index is 591. The van der Waals surface area contributed by atoms with Crippen molar-refractivity contribution < 1.29 is 0 Å². The molecule has 0 aliphatic heterocycles. The summed E-state index contributed by atoms with van der Waals surface area (Å²) in [7, 11) is 0. The van der Waals surface area contributed by atoms with Gasteiger partial charge in [0.05, 0.1) is 0 Å². The molecule has 0 heteroatoms. The van der Waals surface area contributed by atoms with Gasteiger partial charge in [0.1, 0.15) is 0 Å². The molecule has 0 aromatic heterocycles. The van der Waals surface area contributed by atoms with Crippen molar-refractivity contribution >= 4 is 0 Å². The average molecular weight is 567 g/mol. The van der Waals surface area contributed by atoms with Gasteiger partial charge in [0.2, 0.25) is 0 Å². The lowest BCUT2D eigenvalue weighted by atomic mass is 9.58. The molecule has 0 spiro atoms. The second-order valence-electron chi connectivity index (χ2n) is 13.7. The van der Waals surface area contributed by atoms with Crippen LogP contribution in [-0.2, 0) is 0 Å². The Morgan fingerprint density at radius 2 is 0.732 bits per heavy atom. The van der Waals surface area contributed by atoms with Gasteiger partial charge in [-0.1, -0.05) is 159 Å². The van der Waals surface area contributed by atoms with E-state index in [0.29, 0.717) is 0 Å². The Hall–Kier alpha value is -1.04. The van der Waals surface area contributed by atoms with Crippen molar-refractivity contribution in [1.29, 1.82) is 0 Å². The van der Waals surface area contributed by atoms with Crippen LogP contribution in [0, 0.1) is 11.3 Å². The number of hydrogen-bond acceptors (Lipinski definition) is 0. The van der Waals surface area contributed by atoms with E-state index in [-0.39, 0.29) is 0 Å². The van der Waals surface area contributed by atoms with Crippen LogP contribution >= 0.6 is 0 Å². The van der Waals surface area contributed by atoms with Crippen molar-refractivity contribution in [3.8, 4) is 0 Å². The molecule has 1 saturated carbocycles. The van der Waals surface area contributed by atoms with E-state index in [4.69, 9.17) is 0 Å². The molecule has 0 atom stereocenters. The summed E-state index contributed by atoms with van der Waals surface area (Å²) in [6.07, 6.45) is 57.8. The molecule has 1 rings (SSSR count). The lowest BCUT2D eigenvalue weighted by Crippen LogP contribution is -2.35. The van der Waals surface area contributed by atoms with Crippen LogP contribution in [-0.4, -0.2) is 0 Å². The van der Waals surface area contributed by atoms with Crippen molar-refractivity contribution in [1.82, 2.24) is 0 Å². The van der Waals surface area contributed by atoms with E-state index in [0.717, 1.165) is 24.2 Å². The molecule has 0 saturated heterocycles. The van der Waals surface area contributed by atoms with Gasteiger partial charge in [-0.2, -0.15) is 0 Å². The molecule has 0 radical (unpaired) electrons. The topological polar surface area (TPSA) is 0 Å². The van der Waals surface area contributed by atoms with Crippen LogP contribution in [0.4, 0.5) is 0 Å². The fourth-order valence-electron chi connectivity index (χ4n) is 6.93. The molecule has 0 heterocycles. The molecule has 0 bridgehead atoms. The maximum atomic E-state index is 2.48. The summed E-state index contributed by atoms with van der Waals surface area (Å²) in [4.78, 5) is 0. The Labute approximate surface area is 260 Å². The highest BCUT2D eigenvalue weighted by Gasteiger charge is 2.40. The molecular weight excluding hydrogens is 492 g/mol. The third-order valence-corrected chi connectivity index (χ3v) is 9.38. The number of allylic oxidation sites excluding steroid dienone is 8. The van der Waals surface area contributed by atoms with Crippen LogP contribution < -0.4 is 0 Å². The van der Waals surface area contributed by atoms with E-state index in [2.05, 4.69) is 69.4 Å². The predicted molar refractivity (Wildman–Crippen MR) is 189 cm³/mol. The first-order valence-corrected chi connectivity index (χ1v) is 18.8. The molecule has 1 aliphatic rings. The maximum absolute atomic E-state index is 2.48. The molecule has 0 aromatic carbocycles. The minimum atomic E-state index is 0.740. The van der Waals surface area contributed by atoms with Crippen LogP contribution in [0.1, 0.15) is 201 Å². The summed E-state index contributed by atoms with van der Waals surface area (Å²) < 4.78 is 0. The van der Waals surface area contributed by atoms with Gasteiger partial charge in [-0.25, -0.2) is 0 Å². The predicted octanol–water partition coefficient (Wildman–Crippen LogP) is 14.8. The van der Waals surface area contributed by atoms with Crippen LogP contribution in [0.25, 0.3) is 0 Å². The van der Waals surface area contributed by atoms with Gasteiger partial charge in [-0.05, 0) is 101 Å². The van der Waals surface area contributed by atoms with Crippen molar-refractivity contribution in [2.75, 3.05) is 0 Å². The number of rotatable bonds is 30. The van der Waals surface area contributed by atoms with Gasteiger partial charge in [0.15, 0.2) is 0 Å². The quantitative estimate of drug-likeness (QED) is 0.0599. The Balaban J connectivity index is 1.93. The first-order chi connectivity index (χ1) is 20.2. The monoisotopic (exact) mass is 567 g/mol. The van der Waals surface area contributed by atoms with Crippen molar-refractivity contribution in [2.24, 2.45) is 11.3 Å². The average Bonchev–Trinajstić information content (AvgIpc) is 2.95. The second kappa shape index (κ2) is 29.1. The summed E-state index contributed by atoms with van der Waals surface area (Å²) in [5.41, 5.74) is 0.740. The zero-order chi connectivity index (χ0) is 29.5. The van der Waals surface area contributed by atoms with Crippen LogP contribution in [0.2, 0.25) is 0 Å². The largest absolute Gasteiger partial charge is 0.0882 e. The fraction of sp³-hybridized carbons (Fsp3) is 0.805. The van der Waals surface area contributed by atoms with Crippen LogP contribution in [0.15, 0.2) is 48.6 Å². The van der Waals surface area contributed by atoms with Crippen LogP contribution in [0.5, 0.6) is 0 Å². The van der Waals surface area contributed by atoms with Crippen molar-refractivity contribution in [3.05, 3.63) is 48.6 Å². The number of hydrogen-bond donors (Lipinski definition) is 0. The lowest BCUT2D eigenvalue weighted by Gasteiger charge is -2.47. The Morgan fingerprint density at radius 3 is 1.07 bits per heavy atom. The second-order valence-corrected chi connectivity index (χ2v) is 13.7. The smallest absolute Gasteiger partial charge is 0.0169 e. The van der Waals surface area contributed by atoms with Gasteiger partial charge < -0.3 is 0 Å². The van der Waals surface area contributed by atoms with Crippen LogP contribution in [0.3, 0.4) is 0 Å². The standard InChI is InChI=1S/C41H74/c1-4-6-8-10-12-14-16-18-20-22-24-26-28-30-32-34-36-41(38-40(3)39-41)37-35-33-31-29-27-25-23-21-19-17-15-13-11-9-7-5-2/h12-15,18-21,40H,4-11,16-17,22-39H2,1-3H3/b14-12-,15-13-,20-18-,21-19-. The molecule has 0 nitrogen and oxygen atoms in total. The highest BCUT2D eigenvalue weighted by molar-refractivity contribution is 4.94. The first-order valence-electron chi connectivity index (χ1n) is 18.8. The lowest BCUT2D eigenvalue weighted by molar-refractivity contribution is 0.0398. The number of unbranched alkanes of at least 4 members (excludes halogenated alkanes) is 18. The molecule has 1 fully saturated rings. The molecule has 1 aliphatic carbocycles. The van der Waals surface area contributed by atoms with Gasteiger partial charge >= 0.3 is 0 Å². The molecule has 41 heavy (non-hydrogen) atoms. The third kappa shape index (κ3) is 24.1. The SMILES string of the molecule is CCCCC/C=C\C/C=C\CCCCCCCCC1(CCCCCCCC/C=C\C/C=C\CCCCC)CC(C)C1. The summed E-state index contributed by atoms with van der Waals surface area (Å²) in [6.45, 7) is 7.03.